The first-order chi connectivity index (χ1) is 12.8. The van der Waals surface area contributed by atoms with Gasteiger partial charge in [-0.2, -0.15) is 13.2 Å². The van der Waals surface area contributed by atoms with Gasteiger partial charge in [0.25, 0.3) is 0 Å². The lowest BCUT2D eigenvalue weighted by atomic mass is 9.78. The van der Waals surface area contributed by atoms with Crippen LogP contribution in [0.4, 0.5) is 13.2 Å². The maximum absolute atomic E-state index is 14.4. The summed E-state index contributed by atoms with van der Waals surface area (Å²) in [5.74, 6) is -2.00. The van der Waals surface area contributed by atoms with Gasteiger partial charge >= 0.3 is 6.18 Å². The molecule has 0 amide bonds. The highest BCUT2D eigenvalue weighted by molar-refractivity contribution is 6.08. The lowest BCUT2D eigenvalue weighted by Gasteiger charge is -2.29. The number of aryl methyl sites for hydroxylation is 4. The molecule has 2 rings (SSSR count). The largest absolute Gasteiger partial charge is 0.411 e. The van der Waals surface area contributed by atoms with Crippen molar-refractivity contribution in [3.8, 4) is 0 Å². The Bertz CT molecular complexity index is 903. The summed E-state index contributed by atoms with van der Waals surface area (Å²) in [5, 5.41) is 13.1. The van der Waals surface area contributed by atoms with E-state index in [0.717, 1.165) is 22.3 Å². The number of nitrogens with zero attached hydrogens (tertiary/aromatic N) is 1. The normalized spacial score (nSPS) is 13.8. The first kappa shape index (κ1) is 22.0. The van der Waals surface area contributed by atoms with Crippen LogP contribution in [0.25, 0.3) is 0 Å². The lowest BCUT2D eigenvalue weighted by molar-refractivity contribution is -0.135. The average Bonchev–Trinajstić information content (AvgIpc) is 2.59. The Morgan fingerprint density at radius 3 is 1.43 bits per heavy atom. The third kappa shape index (κ3) is 3.67. The number of oxime groups is 1. The molecule has 0 aromatic heterocycles. The molecular weight excluding hydrogens is 363 g/mol. The summed E-state index contributed by atoms with van der Waals surface area (Å²) in [6.45, 7) is 14.3. The van der Waals surface area contributed by atoms with Gasteiger partial charge in [0.05, 0.1) is 0 Å². The van der Waals surface area contributed by atoms with Crippen LogP contribution in [0.1, 0.15) is 61.6 Å². The van der Waals surface area contributed by atoms with E-state index in [1.54, 1.807) is 27.7 Å². The fraction of sp³-hybridized carbons (Fsp3) is 0.435. The van der Waals surface area contributed by atoms with Crippen molar-refractivity contribution >= 4 is 5.71 Å². The zero-order valence-electron chi connectivity index (χ0n) is 17.8. The number of rotatable bonds is 3. The summed E-state index contributed by atoms with van der Waals surface area (Å²) >= 11 is 0. The molecule has 0 fully saturated rings. The SMILES string of the molecule is Cc1cc(C)c(C)c(/C(=N\O)[C@@H](c2c(C)c(C)cc(C)c2C)C(F)(F)F)c1C. The maximum atomic E-state index is 14.4. The fourth-order valence-corrected chi connectivity index (χ4v) is 3.99. The molecule has 2 aromatic rings. The van der Waals surface area contributed by atoms with Gasteiger partial charge in [0.15, 0.2) is 0 Å². The Balaban J connectivity index is 2.95. The van der Waals surface area contributed by atoms with Crippen LogP contribution in [0.5, 0.6) is 0 Å². The molecule has 1 atom stereocenters. The van der Waals surface area contributed by atoms with Gasteiger partial charge in [-0.15, -0.1) is 0 Å². The smallest absolute Gasteiger partial charge is 0.401 e. The molecule has 0 saturated heterocycles. The Morgan fingerprint density at radius 1 is 0.750 bits per heavy atom. The second-order valence-electron chi connectivity index (χ2n) is 7.77. The number of alkyl halides is 3. The van der Waals surface area contributed by atoms with E-state index < -0.39 is 12.1 Å². The van der Waals surface area contributed by atoms with Crippen LogP contribution in [-0.4, -0.2) is 17.1 Å². The molecule has 2 nitrogen and oxygen atoms in total. The highest BCUT2D eigenvalue weighted by atomic mass is 19.4. The van der Waals surface area contributed by atoms with Crippen LogP contribution in [0, 0.1) is 55.4 Å². The molecule has 0 unspecified atom stereocenters. The fourth-order valence-electron chi connectivity index (χ4n) is 3.99. The molecule has 0 spiro atoms. The minimum absolute atomic E-state index is 0.177. The minimum Gasteiger partial charge on any atom is -0.411 e. The molecule has 2 aromatic carbocycles. The summed E-state index contributed by atoms with van der Waals surface area (Å²) in [5.41, 5.74) is 6.08. The van der Waals surface area contributed by atoms with Crippen LogP contribution in [0.2, 0.25) is 0 Å². The molecule has 0 heterocycles. The number of hydrogen-bond donors (Lipinski definition) is 1. The van der Waals surface area contributed by atoms with E-state index in [9.17, 15) is 18.4 Å². The summed E-state index contributed by atoms with van der Waals surface area (Å²) in [6, 6.07) is 3.84. The van der Waals surface area contributed by atoms with Gasteiger partial charge in [-0.1, -0.05) is 17.3 Å². The van der Waals surface area contributed by atoms with E-state index in [0.29, 0.717) is 27.8 Å². The van der Waals surface area contributed by atoms with Gasteiger partial charge in [-0.25, -0.2) is 0 Å². The predicted octanol–water partition coefficient (Wildman–Crippen LogP) is 6.68. The Morgan fingerprint density at radius 2 is 1.11 bits per heavy atom. The van der Waals surface area contributed by atoms with Gasteiger partial charge in [0.2, 0.25) is 0 Å². The second-order valence-corrected chi connectivity index (χ2v) is 7.77. The van der Waals surface area contributed by atoms with Crippen molar-refractivity contribution in [1.82, 2.24) is 0 Å². The third-order valence-corrected chi connectivity index (χ3v) is 6.04. The quantitative estimate of drug-likeness (QED) is 0.353. The molecule has 0 radical (unpaired) electrons. The van der Waals surface area contributed by atoms with Crippen molar-refractivity contribution in [2.24, 2.45) is 5.16 Å². The molecular formula is C23H28F3NO. The molecule has 5 heteroatoms. The van der Waals surface area contributed by atoms with Crippen LogP contribution >= 0.6 is 0 Å². The van der Waals surface area contributed by atoms with E-state index in [1.165, 1.54) is 0 Å². The molecule has 28 heavy (non-hydrogen) atoms. The summed E-state index contributed by atoms with van der Waals surface area (Å²) in [4.78, 5) is 0. The number of halogens is 3. The number of hydrogen-bond acceptors (Lipinski definition) is 2. The van der Waals surface area contributed by atoms with E-state index in [-0.39, 0.29) is 11.3 Å². The van der Waals surface area contributed by atoms with E-state index in [1.807, 2.05) is 39.8 Å². The second kappa shape index (κ2) is 7.61. The van der Waals surface area contributed by atoms with E-state index >= 15 is 0 Å². The van der Waals surface area contributed by atoms with E-state index in [4.69, 9.17) is 0 Å². The average molecular weight is 391 g/mol. The van der Waals surface area contributed by atoms with Crippen LogP contribution in [-0.2, 0) is 0 Å². The maximum Gasteiger partial charge on any atom is 0.401 e. The summed E-state index contributed by atoms with van der Waals surface area (Å²) in [6.07, 6.45) is -4.60. The molecule has 152 valence electrons. The first-order valence-corrected chi connectivity index (χ1v) is 9.26. The van der Waals surface area contributed by atoms with Gasteiger partial charge in [0, 0.05) is 5.56 Å². The highest BCUT2D eigenvalue weighted by Gasteiger charge is 2.47. The topological polar surface area (TPSA) is 32.6 Å². The molecule has 1 N–H and O–H groups in total. The summed E-state index contributed by atoms with van der Waals surface area (Å²) in [7, 11) is 0. The van der Waals surface area contributed by atoms with Crippen molar-refractivity contribution in [3.05, 3.63) is 67.8 Å². The Labute approximate surface area is 165 Å². The van der Waals surface area contributed by atoms with Crippen molar-refractivity contribution in [1.29, 1.82) is 0 Å². The molecule has 0 aliphatic rings. The zero-order chi connectivity index (χ0) is 21.5. The van der Waals surface area contributed by atoms with Gasteiger partial charge in [-0.05, 0) is 105 Å². The monoisotopic (exact) mass is 391 g/mol. The Kier molecular flexibility index (Phi) is 5.98. The van der Waals surface area contributed by atoms with Gasteiger partial charge in [0.1, 0.15) is 11.6 Å². The van der Waals surface area contributed by atoms with Crippen LogP contribution in [0.3, 0.4) is 0 Å². The highest BCUT2D eigenvalue weighted by Crippen LogP contribution is 2.43. The molecule has 0 bridgehead atoms. The van der Waals surface area contributed by atoms with Crippen molar-refractivity contribution < 1.29 is 18.4 Å². The standard InChI is InChI=1S/C23H28F3NO/c1-11-9-12(2)16(6)19(15(11)5)21(23(24,25)26)22(27-28)20-17(7)13(3)10-14(4)18(20)8/h9-10,21,28H,1-8H3/b27-22+/t21-/m1/s1. The minimum atomic E-state index is -4.60. The van der Waals surface area contributed by atoms with Gasteiger partial charge in [-0.3, -0.25) is 0 Å². The van der Waals surface area contributed by atoms with Gasteiger partial charge < -0.3 is 5.21 Å². The van der Waals surface area contributed by atoms with Crippen molar-refractivity contribution in [2.75, 3.05) is 0 Å². The molecule has 0 aliphatic carbocycles. The Hall–Kier alpha value is -2.30. The van der Waals surface area contributed by atoms with Crippen LogP contribution in [0.15, 0.2) is 17.3 Å². The van der Waals surface area contributed by atoms with Crippen molar-refractivity contribution in [2.45, 2.75) is 67.5 Å². The first-order valence-electron chi connectivity index (χ1n) is 9.26. The molecule has 0 aliphatic heterocycles. The van der Waals surface area contributed by atoms with Crippen LogP contribution < -0.4 is 0 Å². The van der Waals surface area contributed by atoms with Crippen molar-refractivity contribution in [3.63, 3.8) is 0 Å². The zero-order valence-corrected chi connectivity index (χ0v) is 17.8. The summed E-state index contributed by atoms with van der Waals surface area (Å²) < 4.78 is 43.3. The van der Waals surface area contributed by atoms with E-state index in [2.05, 4.69) is 5.16 Å². The molecule has 0 saturated carbocycles. The lowest BCUT2D eigenvalue weighted by Crippen LogP contribution is -2.32. The third-order valence-electron chi connectivity index (χ3n) is 6.04. The number of benzene rings is 2. The predicted molar refractivity (Wildman–Crippen MR) is 108 cm³/mol.